The van der Waals surface area contributed by atoms with Crippen LogP contribution < -0.4 is 10.1 Å². The fourth-order valence-electron chi connectivity index (χ4n) is 3.97. The third kappa shape index (κ3) is 5.50. The number of benzene rings is 2. The number of fused-ring (bicyclic) bond motifs is 1. The Morgan fingerprint density at radius 2 is 2.03 bits per heavy atom. The van der Waals surface area contributed by atoms with Crippen molar-refractivity contribution in [1.29, 1.82) is 0 Å². The quantitative estimate of drug-likeness (QED) is 0.372. The normalized spacial score (nSPS) is 16.6. The molecule has 4 heteroatoms. The van der Waals surface area contributed by atoms with Crippen molar-refractivity contribution in [1.82, 2.24) is 10.3 Å². The van der Waals surface area contributed by atoms with Crippen LogP contribution in [0.15, 0.2) is 60.8 Å². The largest absolute Gasteiger partial charge is 0.494 e. The average Bonchev–Trinajstić information content (AvgIpc) is 3.20. The van der Waals surface area contributed by atoms with Gasteiger partial charge in [-0.25, -0.2) is 0 Å². The molecule has 0 bridgehead atoms. The second-order valence-corrected chi connectivity index (χ2v) is 9.07. The fraction of sp³-hybridized carbons (Fsp3) is 0.385. The van der Waals surface area contributed by atoms with E-state index in [-0.39, 0.29) is 0 Å². The van der Waals surface area contributed by atoms with Gasteiger partial charge in [-0.05, 0) is 59.9 Å². The van der Waals surface area contributed by atoms with E-state index in [0.29, 0.717) is 6.04 Å². The maximum atomic E-state index is 5.90. The van der Waals surface area contributed by atoms with E-state index in [1.54, 1.807) is 0 Å². The first kappa shape index (κ1) is 21.1. The van der Waals surface area contributed by atoms with Crippen molar-refractivity contribution in [2.75, 3.05) is 18.9 Å². The minimum absolute atomic E-state index is 0.569. The lowest BCUT2D eigenvalue weighted by molar-refractivity contribution is 0.310. The summed E-state index contributed by atoms with van der Waals surface area (Å²) in [6.45, 7) is 3.96. The fourth-order valence-corrected chi connectivity index (χ4v) is 5.02. The van der Waals surface area contributed by atoms with Crippen LogP contribution in [0.4, 0.5) is 0 Å². The maximum Gasteiger partial charge on any atom is 0.120 e. The van der Waals surface area contributed by atoms with E-state index in [2.05, 4.69) is 78.0 Å². The van der Waals surface area contributed by atoms with Crippen LogP contribution in [-0.2, 0) is 5.75 Å². The first-order chi connectivity index (χ1) is 14.8. The van der Waals surface area contributed by atoms with Crippen LogP contribution in [0.25, 0.3) is 16.5 Å². The Labute approximate surface area is 184 Å². The van der Waals surface area contributed by atoms with Crippen molar-refractivity contribution in [2.45, 2.75) is 44.4 Å². The van der Waals surface area contributed by atoms with Crippen molar-refractivity contribution >= 4 is 28.2 Å². The summed E-state index contributed by atoms with van der Waals surface area (Å²) in [4.78, 5) is 3.41. The van der Waals surface area contributed by atoms with E-state index in [9.17, 15) is 0 Å². The smallest absolute Gasteiger partial charge is 0.120 e. The van der Waals surface area contributed by atoms with Gasteiger partial charge in [-0.1, -0.05) is 49.8 Å². The number of H-pyrrole nitrogens is 1. The van der Waals surface area contributed by atoms with Crippen molar-refractivity contribution < 1.29 is 4.74 Å². The lowest BCUT2D eigenvalue weighted by Crippen LogP contribution is -2.33. The molecule has 1 aliphatic rings. The lowest BCUT2D eigenvalue weighted by atomic mass is 9.94. The SMILES string of the molecule is CCCCOc1ccc2[nH]cc(CSCCC3CC(c4ccccc4)=CCN3)c2c1. The number of hydrogen-bond donors (Lipinski definition) is 2. The Kier molecular flexibility index (Phi) is 7.54. The number of aromatic amines is 1. The van der Waals surface area contributed by atoms with Gasteiger partial charge in [0, 0.05) is 35.4 Å². The van der Waals surface area contributed by atoms with Crippen LogP contribution >= 0.6 is 11.8 Å². The second kappa shape index (κ2) is 10.7. The molecule has 1 atom stereocenters. The summed E-state index contributed by atoms with van der Waals surface area (Å²) >= 11 is 2.02. The molecule has 0 fully saturated rings. The van der Waals surface area contributed by atoms with Gasteiger partial charge >= 0.3 is 0 Å². The minimum atomic E-state index is 0.569. The van der Waals surface area contributed by atoms with E-state index < -0.39 is 0 Å². The molecule has 30 heavy (non-hydrogen) atoms. The Morgan fingerprint density at radius 1 is 1.13 bits per heavy atom. The first-order valence-corrected chi connectivity index (χ1v) is 12.3. The number of thioether (sulfide) groups is 1. The molecule has 158 valence electrons. The number of rotatable bonds is 10. The summed E-state index contributed by atoms with van der Waals surface area (Å²) in [7, 11) is 0. The molecule has 0 radical (unpaired) electrons. The van der Waals surface area contributed by atoms with Gasteiger partial charge in [-0.15, -0.1) is 0 Å². The molecule has 1 aliphatic heterocycles. The second-order valence-electron chi connectivity index (χ2n) is 7.97. The summed E-state index contributed by atoms with van der Waals surface area (Å²) in [6.07, 6.45) is 9.07. The van der Waals surface area contributed by atoms with E-state index in [0.717, 1.165) is 43.9 Å². The highest BCUT2D eigenvalue weighted by Gasteiger charge is 2.16. The molecule has 3 nitrogen and oxygen atoms in total. The molecule has 0 aliphatic carbocycles. The highest BCUT2D eigenvalue weighted by Crippen LogP contribution is 2.28. The third-order valence-electron chi connectivity index (χ3n) is 5.74. The predicted molar refractivity (Wildman–Crippen MR) is 130 cm³/mol. The van der Waals surface area contributed by atoms with Crippen molar-refractivity contribution in [3.63, 3.8) is 0 Å². The molecule has 2 N–H and O–H groups in total. The molecule has 2 heterocycles. The van der Waals surface area contributed by atoms with E-state index in [1.165, 1.54) is 39.8 Å². The monoisotopic (exact) mass is 420 g/mol. The topological polar surface area (TPSA) is 37.0 Å². The van der Waals surface area contributed by atoms with Crippen LogP contribution in [0, 0.1) is 0 Å². The molecule has 1 aromatic heterocycles. The summed E-state index contributed by atoms with van der Waals surface area (Å²) in [5.41, 5.74) is 5.42. The van der Waals surface area contributed by atoms with Crippen LogP contribution in [0.5, 0.6) is 5.75 Å². The predicted octanol–water partition coefficient (Wildman–Crippen LogP) is 6.42. The molecule has 1 unspecified atom stereocenters. The van der Waals surface area contributed by atoms with Gasteiger partial charge in [0.1, 0.15) is 5.75 Å². The van der Waals surface area contributed by atoms with Crippen LogP contribution in [-0.4, -0.2) is 29.9 Å². The third-order valence-corrected chi connectivity index (χ3v) is 6.78. The lowest BCUT2D eigenvalue weighted by Gasteiger charge is -2.24. The van der Waals surface area contributed by atoms with E-state index in [1.807, 2.05) is 11.8 Å². The molecule has 0 amide bonds. The maximum absolute atomic E-state index is 5.90. The summed E-state index contributed by atoms with van der Waals surface area (Å²) in [6, 6.07) is 17.8. The highest BCUT2D eigenvalue weighted by molar-refractivity contribution is 7.98. The van der Waals surface area contributed by atoms with Gasteiger partial charge in [0.2, 0.25) is 0 Å². The minimum Gasteiger partial charge on any atom is -0.494 e. The van der Waals surface area contributed by atoms with Gasteiger partial charge in [0.25, 0.3) is 0 Å². The highest BCUT2D eigenvalue weighted by atomic mass is 32.2. The van der Waals surface area contributed by atoms with Crippen molar-refractivity contribution in [3.05, 3.63) is 71.9 Å². The molecule has 4 rings (SSSR count). The van der Waals surface area contributed by atoms with Gasteiger partial charge in [0.15, 0.2) is 0 Å². The zero-order chi connectivity index (χ0) is 20.6. The summed E-state index contributed by atoms with van der Waals surface area (Å²) in [5.74, 6) is 3.18. The van der Waals surface area contributed by atoms with Crippen LogP contribution in [0.1, 0.15) is 43.7 Å². The number of ether oxygens (including phenoxy) is 1. The zero-order valence-electron chi connectivity index (χ0n) is 17.8. The van der Waals surface area contributed by atoms with Gasteiger partial charge < -0.3 is 15.0 Å². The summed E-state index contributed by atoms with van der Waals surface area (Å²) in [5, 5.41) is 4.95. The summed E-state index contributed by atoms with van der Waals surface area (Å²) < 4.78 is 5.90. The first-order valence-electron chi connectivity index (χ1n) is 11.1. The Morgan fingerprint density at radius 3 is 2.90 bits per heavy atom. The van der Waals surface area contributed by atoms with Crippen molar-refractivity contribution in [3.8, 4) is 5.75 Å². The Bertz CT molecular complexity index is 964. The molecular weight excluding hydrogens is 388 g/mol. The van der Waals surface area contributed by atoms with Crippen molar-refractivity contribution in [2.24, 2.45) is 0 Å². The molecule has 0 spiro atoms. The molecule has 2 aromatic carbocycles. The standard InChI is InChI=1S/C26H32N2OS/c1-2-3-14-29-24-9-10-26-25(17-24)22(18-28-26)19-30-15-12-23-16-21(11-13-27-23)20-7-5-4-6-8-20/h4-11,17-18,23,27-28H,2-3,12-16,19H2,1H3. The number of aromatic nitrogens is 1. The number of hydrogen-bond acceptors (Lipinski definition) is 3. The Balaban J connectivity index is 1.27. The molecule has 0 saturated heterocycles. The molecular formula is C26H32N2OS. The van der Waals surface area contributed by atoms with Gasteiger partial charge in [0.05, 0.1) is 6.61 Å². The number of nitrogens with one attached hydrogen (secondary N) is 2. The molecule has 3 aromatic rings. The Hall–Kier alpha value is -2.17. The molecule has 0 saturated carbocycles. The van der Waals surface area contributed by atoms with Gasteiger partial charge in [-0.2, -0.15) is 11.8 Å². The van der Waals surface area contributed by atoms with Gasteiger partial charge in [-0.3, -0.25) is 0 Å². The van der Waals surface area contributed by atoms with Crippen LogP contribution in [0.2, 0.25) is 0 Å². The number of unbranched alkanes of at least 4 members (excludes halogenated alkanes) is 1. The zero-order valence-corrected chi connectivity index (χ0v) is 18.6. The van der Waals surface area contributed by atoms with E-state index >= 15 is 0 Å². The van der Waals surface area contributed by atoms with Crippen LogP contribution in [0.3, 0.4) is 0 Å². The van der Waals surface area contributed by atoms with E-state index in [4.69, 9.17) is 4.74 Å². The average molecular weight is 421 g/mol.